The molecule has 2 atom stereocenters. The van der Waals surface area contributed by atoms with Gasteiger partial charge < -0.3 is 25.6 Å². The summed E-state index contributed by atoms with van der Waals surface area (Å²) in [5, 5.41) is 15.9. The fraction of sp³-hybridized carbons (Fsp3) is 0.303. The number of hydrogen-bond acceptors (Lipinski definition) is 6. The van der Waals surface area contributed by atoms with Crippen LogP contribution in [0.15, 0.2) is 90.1 Å². The number of carbonyl (C=O) groups excluding carboxylic acids is 2. The summed E-state index contributed by atoms with van der Waals surface area (Å²) in [6, 6.07) is 23.6. The molecule has 4 N–H and O–H groups in total. The first-order chi connectivity index (χ1) is 20.2. The highest BCUT2D eigenvalue weighted by Crippen LogP contribution is 2.36. The van der Waals surface area contributed by atoms with Crippen molar-refractivity contribution in [2.24, 2.45) is 0 Å². The summed E-state index contributed by atoms with van der Waals surface area (Å²) in [5.74, 6) is 0.827. The Kier molecular flexibility index (Phi) is 9.11. The van der Waals surface area contributed by atoms with E-state index in [1.165, 1.54) is 0 Å². The second-order valence-corrected chi connectivity index (χ2v) is 12.4. The molecule has 2 amide bonds. The lowest BCUT2D eigenvalue weighted by molar-refractivity contribution is -0.127. The largest absolute Gasteiger partial charge is 0.392 e. The molecule has 0 radical (unpaired) electrons. The molecule has 1 aliphatic rings. The first-order valence-corrected chi connectivity index (χ1v) is 15.1. The van der Waals surface area contributed by atoms with E-state index in [9.17, 15) is 14.7 Å². The van der Waals surface area contributed by atoms with Crippen molar-refractivity contribution in [3.8, 4) is 22.5 Å². The third kappa shape index (κ3) is 7.10. The van der Waals surface area contributed by atoms with Gasteiger partial charge in [-0.2, -0.15) is 0 Å². The van der Waals surface area contributed by atoms with Gasteiger partial charge in [-0.25, -0.2) is 4.98 Å². The van der Waals surface area contributed by atoms with E-state index >= 15 is 0 Å². The fourth-order valence-corrected chi connectivity index (χ4v) is 6.18. The number of β-amino-alcohol motifs (C(OH)–C–C–N with tert-alkyl or cyclic N) is 1. The maximum Gasteiger partial charge on any atom is 0.250 e. The van der Waals surface area contributed by atoms with Crippen molar-refractivity contribution < 1.29 is 14.7 Å². The van der Waals surface area contributed by atoms with Gasteiger partial charge in [-0.3, -0.25) is 9.59 Å². The van der Waals surface area contributed by atoms with Crippen LogP contribution in [0.1, 0.15) is 32.8 Å². The van der Waals surface area contributed by atoms with Crippen LogP contribution in [-0.4, -0.2) is 56.9 Å². The van der Waals surface area contributed by atoms with Crippen molar-refractivity contribution in [1.29, 1.82) is 0 Å². The Morgan fingerprint density at radius 2 is 1.88 bits per heavy atom. The molecule has 218 valence electrons. The number of nitrogens with zero attached hydrogens (tertiary/aromatic N) is 2. The minimum Gasteiger partial charge on any atom is -0.392 e. The standard InChI is InChI=1S/C33H37N5O3S/c1-22(39)19-36-33(2,3)18-30(40)37-27-21-42-29-12-8-7-11-28(29)38(32(27)41)20-23-13-14-25(24-9-5-4-6-10-24)26(17-23)31-34-15-16-35-31/h4-17,22,27,36,39H,18-21H2,1-3H3,(H,34,35)(H,37,40)/t22-,27-/m1/s1. The third-order valence-corrected chi connectivity index (χ3v) is 8.36. The van der Waals surface area contributed by atoms with E-state index in [-0.39, 0.29) is 18.2 Å². The van der Waals surface area contributed by atoms with Crippen LogP contribution in [0.4, 0.5) is 5.69 Å². The van der Waals surface area contributed by atoms with Crippen molar-refractivity contribution in [2.45, 2.75) is 56.3 Å². The molecule has 0 unspecified atom stereocenters. The number of hydrogen-bond donors (Lipinski definition) is 4. The van der Waals surface area contributed by atoms with Gasteiger partial charge in [0.1, 0.15) is 11.9 Å². The normalized spacial score (nSPS) is 16.0. The molecule has 0 saturated carbocycles. The predicted molar refractivity (Wildman–Crippen MR) is 168 cm³/mol. The van der Waals surface area contributed by atoms with Gasteiger partial charge in [-0.1, -0.05) is 54.6 Å². The highest BCUT2D eigenvalue weighted by Gasteiger charge is 2.33. The number of thioether (sulfide) groups is 1. The Morgan fingerprint density at radius 1 is 1.12 bits per heavy atom. The zero-order chi connectivity index (χ0) is 29.7. The lowest BCUT2D eigenvalue weighted by atomic mass is 9.96. The number of fused-ring (bicyclic) bond motifs is 1. The fourth-order valence-electron chi connectivity index (χ4n) is 5.10. The summed E-state index contributed by atoms with van der Waals surface area (Å²) < 4.78 is 0. The smallest absolute Gasteiger partial charge is 0.250 e. The van der Waals surface area contributed by atoms with Gasteiger partial charge in [0.25, 0.3) is 5.91 Å². The molecule has 1 aliphatic heterocycles. The Labute approximate surface area is 251 Å². The van der Waals surface area contributed by atoms with Gasteiger partial charge in [-0.15, -0.1) is 11.8 Å². The summed E-state index contributed by atoms with van der Waals surface area (Å²) in [6.07, 6.45) is 3.19. The molecule has 1 aromatic heterocycles. The molecular formula is C33H37N5O3S. The van der Waals surface area contributed by atoms with Gasteiger partial charge in [0.15, 0.2) is 0 Å². The maximum absolute atomic E-state index is 14.1. The molecule has 4 aromatic rings. The van der Waals surface area contributed by atoms with E-state index in [1.807, 2.05) is 62.4 Å². The lowest BCUT2D eigenvalue weighted by Crippen LogP contribution is -2.52. The highest BCUT2D eigenvalue weighted by atomic mass is 32.2. The maximum atomic E-state index is 14.1. The Bertz CT molecular complexity index is 1520. The van der Waals surface area contributed by atoms with Gasteiger partial charge in [0, 0.05) is 47.1 Å². The molecule has 42 heavy (non-hydrogen) atoms. The summed E-state index contributed by atoms with van der Waals surface area (Å²) in [7, 11) is 0. The zero-order valence-corrected chi connectivity index (χ0v) is 24.9. The molecule has 5 rings (SSSR count). The number of H-pyrrole nitrogens is 1. The predicted octanol–water partition coefficient (Wildman–Crippen LogP) is 5.01. The Balaban J connectivity index is 1.42. The molecular weight excluding hydrogens is 546 g/mol. The number of para-hydroxylation sites is 1. The number of carbonyl (C=O) groups is 2. The Morgan fingerprint density at radius 3 is 2.62 bits per heavy atom. The van der Waals surface area contributed by atoms with Crippen LogP contribution < -0.4 is 15.5 Å². The molecule has 2 heterocycles. The zero-order valence-electron chi connectivity index (χ0n) is 24.1. The van der Waals surface area contributed by atoms with E-state index in [0.717, 1.165) is 38.7 Å². The van der Waals surface area contributed by atoms with E-state index in [1.54, 1.807) is 36.0 Å². The molecule has 3 aromatic carbocycles. The molecule has 8 nitrogen and oxygen atoms in total. The molecule has 9 heteroatoms. The minimum atomic E-state index is -0.685. The van der Waals surface area contributed by atoms with E-state index in [2.05, 4.69) is 44.9 Å². The number of aliphatic hydroxyl groups is 1. The first-order valence-electron chi connectivity index (χ1n) is 14.1. The van der Waals surface area contributed by atoms with Crippen LogP contribution in [0, 0.1) is 0 Å². The quantitative estimate of drug-likeness (QED) is 0.209. The van der Waals surface area contributed by atoms with Gasteiger partial charge in [-0.05, 0) is 55.7 Å². The Hall–Kier alpha value is -3.92. The first kappa shape index (κ1) is 29.6. The second-order valence-electron chi connectivity index (χ2n) is 11.3. The highest BCUT2D eigenvalue weighted by molar-refractivity contribution is 7.99. The summed E-state index contributed by atoms with van der Waals surface area (Å²) >= 11 is 1.57. The van der Waals surface area contributed by atoms with Crippen LogP contribution in [0.3, 0.4) is 0 Å². The number of aliphatic hydroxyl groups excluding tert-OH is 1. The summed E-state index contributed by atoms with van der Waals surface area (Å²) in [5.41, 5.74) is 4.32. The molecule has 0 spiro atoms. The van der Waals surface area contributed by atoms with Crippen LogP contribution in [0.5, 0.6) is 0 Å². The van der Waals surface area contributed by atoms with Crippen molar-refractivity contribution in [2.75, 3.05) is 17.2 Å². The van der Waals surface area contributed by atoms with Gasteiger partial charge in [0.05, 0.1) is 18.3 Å². The van der Waals surface area contributed by atoms with Crippen molar-refractivity contribution >= 4 is 29.3 Å². The number of aromatic amines is 1. The molecule has 0 saturated heterocycles. The minimum absolute atomic E-state index is 0.151. The number of rotatable bonds is 10. The topological polar surface area (TPSA) is 110 Å². The third-order valence-electron chi connectivity index (χ3n) is 7.20. The molecule has 0 bridgehead atoms. The van der Waals surface area contributed by atoms with Crippen LogP contribution in [0.2, 0.25) is 0 Å². The van der Waals surface area contributed by atoms with Crippen LogP contribution >= 0.6 is 11.8 Å². The number of nitrogens with one attached hydrogen (secondary N) is 3. The summed E-state index contributed by atoms with van der Waals surface area (Å²) in [4.78, 5) is 37.7. The SMILES string of the molecule is C[C@@H](O)CNC(C)(C)CC(=O)N[C@@H]1CSc2ccccc2N(Cc2ccc(-c3ccccc3)c(-c3ncc[nH]3)c2)C1=O. The average molecular weight is 584 g/mol. The van der Waals surface area contributed by atoms with Crippen LogP contribution in [-0.2, 0) is 16.1 Å². The summed E-state index contributed by atoms with van der Waals surface area (Å²) in [6.45, 7) is 6.24. The number of anilines is 1. The van der Waals surface area contributed by atoms with E-state index < -0.39 is 17.7 Å². The number of aromatic nitrogens is 2. The van der Waals surface area contributed by atoms with Crippen molar-refractivity contribution in [1.82, 2.24) is 20.6 Å². The number of benzene rings is 3. The van der Waals surface area contributed by atoms with Crippen molar-refractivity contribution in [3.63, 3.8) is 0 Å². The van der Waals surface area contributed by atoms with Gasteiger partial charge in [0.2, 0.25) is 5.91 Å². The van der Waals surface area contributed by atoms with E-state index in [0.29, 0.717) is 18.8 Å². The second kappa shape index (κ2) is 12.9. The van der Waals surface area contributed by atoms with Gasteiger partial charge >= 0.3 is 0 Å². The molecule has 0 aliphatic carbocycles. The lowest BCUT2D eigenvalue weighted by Gasteiger charge is -2.29. The van der Waals surface area contributed by atoms with Crippen molar-refractivity contribution in [3.05, 3.63) is 90.8 Å². The number of imidazole rings is 1. The monoisotopic (exact) mass is 583 g/mol. The number of amides is 2. The van der Waals surface area contributed by atoms with E-state index in [4.69, 9.17) is 0 Å². The van der Waals surface area contributed by atoms with Crippen LogP contribution in [0.25, 0.3) is 22.5 Å². The average Bonchev–Trinajstić information content (AvgIpc) is 3.48. The molecule has 0 fully saturated rings.